The van der Waals surface area contributed by atoms with Crippen LogP contribution in [0.3, 0.4) is 0 Å². The summed E-state index contributed by atoms with van der Waals surface area (Å²) in [6, 6.07) is 1.90. The first-order chi connectivity index (χ1) is 4.75. The van der Waals surface area contributed by atoms with E-state index in [1.54, 1.807) is 7.05 Å². The molecule has 0 aromatic carbocycles. The quantitative estimate of drug-likeness (QED) is 0.550. The lowest BCUT2D eigenvalue weighted by atomic mass is 10.4. The maximum absolute atomic E-state index is 10.7. The van der Waals surface area contributed by atoms with E-state index in [0.717, 1.165) is 0 Å². The number of hydrogen-bond acceptors (Lipinski definition) is 3. The molecular weight excluding hydrogens is 132 g/mol. The summed E-state index contributed by atoms with van der Waals surface area (Å²) in [6.07, 6.45) is 0.162. The highest BCUT2D eigenvalue weighted by molar-refractivity contribution is 4.93. The average molecular weight is 138 g/mol. The lowest BCUT2D eigenvalue weighted by Gasteiger charge is -1.88. The highest BCUT2D eigenvalue weighted by Crippen LogP contribution is 1.85. The van der Waals surface area contributed by atoms with Crippen LogP contribution < -0.4 is 5.69 Å². The van der Waals surface area contributed by atoms with Gasteiger partial charge in [-0.2, -0.15) is 10.4 Å². The monoisotopic (exact) mass is 138 g/mol. The summed E-state index contributed by atoms with van der Waals surface area (Å²) in [4.78, 5) is 10.7. The van der Waals surface area contributed by atoms with Crippen molar-refractivity contribution in [1.82, 2.24) is 14.8 Å². The second-order valence-electron chi connectivity index (χ2n) is 1.84. The minimum absolute atomic E-state index is 0.162. The Morgan fingerprint density at radius 2 is 2.60 bits per heavy atom. The molecule has 0 atom stereocenters. The number of aromatic amines is 1. The zero-order valence-electron chi connectivity index (χ0n) is 5.46. The zero-order valence-corrected chi connectivity index (χ0v) is 5.46. The van der Waals surface area contributed by atoms with Gasteiger partial charge < -0.3 is 0 Å². The average Bonchev–Trinajstić information content (AvgIpc) is 2.20. The molecule has 0 fully saturated rings. The van der Waals surface area contributed by atoms with Crippen molar-refractivity contribution in [3.05, 3.63) is 16.3 Å². The van der Waals surface area contributed by atoms with Crippen molar-refractivity contribution in [2.75, 3.05) is 0 Å². The molecule has 0 bridgehead atoms. The maximum Gasteiger partial charge on any atom is 0.343 e. The second kappa shape index (κ2) is 2.35. The van der Waals surface area contributed by atoms with Gasteiger partial charge in [-0.3, -0.25) is 4.57 Å². The van der Waals surface area contributed by atoms with Crippen molar-refractivity contribution in [2.24, 2.45) is 7.05 Å². The number of rotatable bonds is 1. The predicted molar refractivity (Wildman–Crippen MR) is 33.1 cm³/mol. The molecule has 1 aromatic heterocycles. The second-order valence-corrected chi connectivity index (χ2v) is 1.84. The van der Waals surface area contributed by atoms with E-state index in [0.29, 0.717) is 5.82 Å². The summed E-state index contributed by atoms with van der Waals surface area (Å²) < 4.78 is 1.31. The van der Waals surface area contributed by atoms with Crippen molar-refractivity contribution in [1.29, 1.82) is 5.26 Å². The van der Waals surface area contributed by atoms with Crippen LogP contribution in [0.25, 0.3) is 0 Å². The molecule has 0 aliphatic rings. The first kappa shape index (κ1) is 6.55. The standard InChI is InChI=1S/C5H6N4O/c1-9-4(2-3-6)7-8-5(9)10/h2H2,1H3,(H,8,10). The van der Waals surface area contributed by atoms with Crippen molar-refractivity contribution in [3.63, 3.8) is 0 Å². The van der Waals surface area contributed by atoms with E-state index < -0.39 is 0 Å². The molecule has 1 heterocycles. The van der Waals surface area contributed by atoms with Gasteiger partial charge in [-0.05, 0) is 0 Å². The van der Waals surface area contributed by atoms with Gasteiger partial charge >= 0.3 is 5.69 Å². The summed E-state index contributed by atoms with van der Waals surface area (Å²) >= 11 is 0. The molecule has 0 amide bonds. The fraction of sp³-hybridized carbons (Fsp3) is 0.400. The van der Waals surface area contributed by atoms with Crippen LogP contribution in [0.1, 0.15) is 5.82 Å². The van der Waals surface area contributed by atoms with Crippen LogP contribution in [0.5, 0.6) is 0 Å². The van der Waals surface area contributed by atoms with Crippen molar-refractivity contribution in [2.45, 2.75) is 6.42 Å². The van der Waals surface area contributed by atoms with Crippen LogP contribution in [-0.4, -0.2) is 14.8 Å². The first-order valence-corrected chi connectivity index (χ1v) is 2.73. The molecule has 0 saturated carbocycles. The highest BCUT2D eigenvalue weighted by Gasteiger charge is 2.00. The van der Waals surface area contributed by atoms with E-state index in [9.17, 15) is 4.79 Å². The molecule has 1 aromatic rings. The van der Waals surface area contributed by atoms with Gasteiger partial charge in [-0.1, -0.05) is 0 Å². The van der Waals surface area contributed by atoms with Gasteiger partial charge in [-0.25, -0.2) is 9.89 Å². The number of nitriles is 1. The number of H-pyrrole nitrogens is 1. The van der Waals surface area contributed by atoms with Crippen LogP contribution in [0, 0.1) is 11.3 Å². The van der Waals surface area contributed by atoms with Crippen LogP contribution in [-0.2, 0) is 13.5 Å². The van der Waals surface area contributed by atoms with E-state index in [2.05, 4.69) is 10.2 Å². The maximum atomic E-state index is 10.7. The molecule has 5 nitrogen and oxygen atoms in total. The highest BCUT2D eigenvalue weighted by atomic mass is 16.1. The predicted octanol–water partition coefficient (Wildman–Crippen LogP) is -0.826. The fourth-order valence-electron chi connectivity index (χ4n) is 0.608. The molecule has 0 unspecified atom stereocenters. The number of aromatic nitrogens is 3. The summed E-state index contributed by atoms with van der Waals surface area (Å²) in [5.74, 6) is 0.465. The molecule has 0 aliphatic carbocycles. The van der Waals surface area contributed by atoms with Crippen molar-refractivity contribution >= 4 is 0 Å². The molecule has 1 N–H and O–H groups in total. The van der Waals surface area contributed by atoms with Crippen molar-refractivity contribution in [3.8, 4) is 6.07 Å². The molecule has 1 rings (SSSR count). The number of hydrogen-bond donors (Lipinski definition) is 1. The molecule has 0 saturated heterocycles. The lowest BCUT2D eigenvalue weighted by Crippen LogP contribution is -2.14. The fourth-order valence-corrected chi connectivity index (χ4v) is 0.608. The Morgan fingerprint density at radius 3 is 3.00 bits per heavy atom. The molecule has 52 valence electrons. The molecular formula is C5H6N4O. The van der Waals surface area contributed by atoms with E-state index in [4.69, 9.17) is 5.26 Å². The van der Waals surface area contributed by atoms with E-state index in [-0.39, 0.29) is 12.1 Å². The molecule has 5 heteroatoms. The smallest absolute Gasteiger partial charge is 0.281 e. The Balaban J connectivity index is 3.08. The van der Waals surface area contributed by atoms with Gasteiger partial charge in [0, 0.05) is 7.05 Å². The number of nitrogens with one attached hydrogen (secondary N) is 1. The largest absolute Gasteiger partial charge is 0.343 e. The summed E-state index contributed by atoms with van der Waals surface area (Å²) in [7, 11) is 1.57. The molecule has 0 radical (unpaired) electrons. The topological polar surface area (TPSA) is 74.5 Å². The number of nitrogens with zero attached hydrogens (tertiary/aromatic N) is 3. The third kappa shape index (κ3) is 0.910. The Labute approximate surface area is 56.9 Å². The molecule has 10 heavy (non-hydrogen) atoms. The minimum atomic E-state index is -0.287. The summed E-state index contributed by atoms with van der Waals surface area (Å²) in [6.45, 7) is 0. The van der Waals surface area contributed by atoms with Gasteiger partial charge in [0.25, 0.3) is 0 Å². The Hall–Kier alpha value is -1.57. The van der Waals surface area contributed by atoms with Crippen LogP contribution >= 0.6 is 0 Å². The normalized spacial score (nSPS) is 9.20. The first-order valence-electron chi connectivity index (χ1n) is 2.73. The van der Waals surface area contributed by atoms with Crippen molar-refractivity contribution < 1.29 is 0 Å². The van der Waals surface area contributed by atoms with Gasteiger partial charge in [0.1, 0.15) is 5.82 Å². The molecule has 0 aliphatic heterocycles. The van der Waals surface area contributed by atoms with Gasteiger partial charge in [0.05, 0.1) is 12.5 Å². The van der Waals surface area contributed by atoms with Gasteiger partial charge in [0.15, 0.2) is 0 Å². The Morgan fingerprint density at radius 1 is 1.90 bits per heavy atom. The summed E-state index contributed by atoms with van der Waals surface area (Å²) in [5.41, 5.74) is -0.287. The van der Waals surface area contributed by atoms with Gasteiger partial charge in [0.2, 0.25) is 0 Å². The van der Waals surface area contributed by atoms with E-state index in [1.807, 2.05) is 6.07 Å². The third-order valence-electron chi connectivity index (χ3n) is 1.21. The van der Waals surface area contributed by atoms with Gasteiger partial charge in [-0.15, -0.1) is 0 Å². The lowest BCUT2D eigenvalue weighted by molar-refractivity contribution is 0.806. The Kier molecular flexibility index (Phi) is 1.54. The molecule has 0 spiro atoms. The third-order valence-corrected chi connectivity index (χ3v) is 1.21. The van der Waals surface area contributed by atoms with Crippen LogP contribution in [0.15, 0.2) is 4.79 Å². The SMILES string of the molecule is Cn1c(CC#N)n[nH]c1=O. The van der Waals surface area contributed by atoms with E-state index >= 15 is 0 Å². The zero-order chi connectivity index (χ0) is 7.56. The summed E-state index contributed by atoms with van der Waals surface area (Å²) in [5, 5.41) is 14.1. The minimum Gasteiger partial charge on any atom is -0.281 e. The van der Waals surface area contributed by atoms with Crippen LogP contribution in [0.4, 0.5) is 0 Å². The Bertz CT molecular complexity index is 315. The van der Waals surface area contributed by atoms with E-state index in [1.165, 1.54) is 4.57 Å². The van der Waals surface area contributed by atoms with Crippen LogP contribution in [0.2, 0.25) is 0 Å².